The first kappa shape index (κ1) is 21.4. The Bertz CT molecular complexity index is 1390. The Balaban J connectivity index is 1.55. The van der Waals surface area contributed by atoms with Crippen LogP contribution in [-0.4, -0.2) is 37.3 Å². The van der Waals surface area contributed by atoms with Gasteiger partial charge in [0, 0.05) is 28.2 Å². The molecular weight excluding hydrogens is 406 g/mol. The third kappa shape index (κ3) is 3.91. The van der Waals surface area contributed by atoms with Gasteiger partial charge in [0.1, 0.15) is 12.1 Å². The largest absolute Gasteiger partial charge is 0.350 e. The van der Waals surface area contributed by atoms with Gasteiger partial charge in [-0.25, -0.2) is 4.68 Å². The highest BCUT2D eigenvalue weighted by molar-refractivity contribution is 6.08. The van der Waals surface area contributed by atoms with Crippen molar-refractivity contribution in [3.63, 3.8) is 0 Å². The Morgan fingerprint density at radius 1 is 1.06 bits per heavy atom. The second-order valence-corrected chi connectivity index (χ2v) is 7.89. The van der Waals surface area contributed by atoms with E-state index in [9.17, 15) is 14.4 Å². The van der Waals surface area contributed by atoms with E-state index in [0.29, 0.717) is 22.9 Å². The number of amides is 1. The number of fused-ring (bicyclic) bond motifs is 2. The van der Waals surface area contributed by atoms with Gasteiger partial charge in [0.05, 0.1) is 11.9 Å². The topological polar surface area (TPSA) is 98.9 Å². The first-order valence-corrected chi connectivity index (χ1v) is 10.6. The van der Waals surface area contributed by atoms with Gasteiger partial charge >= 0.3 is 0 Å². The van der Waals surface area contributed by atoms with Crippen LogP contribution in [0.2, 0.25) is 0 Å². The molecule has 4 rings (SSSR count). The van der Waals surface area contributed by atoms with Gasteiger partial charge in [-0.1, -0.05) is 42.5 Å². The molecule has 1 N–H and O–H groups in total. The monoisotopic (exact) mass is 431 g/mol. The lowest BCUT2D eigenvalue weighted by Gasteiger charge is -2.18. The van der Waals surface area contributed by atoms with Gasteiger partial charge < -0.3 is 9.88 Å². The number of benzene rings is 2. The molecule has 0 saturated carbocycles. The molecule has 2 heterocycles. The molecular formula is C24H25N5O3. The number of carbonyl (C=O) groups is 2. The average Bonchev–Trinajstić information content (AvgIpc) is 3.06. The molecule has 0 fully saturated rings. The third-order valence-electron chi connectivity index (χ3n) is 5.77. The highest BCUT2D eigenvalue weighted by Gasteiger charge is 2.20. The zero-order valence-electron chi connectivity index (χ0n) is 18.3. The molecule has 2 aromatic carbocycles. The number of Topliss-reactive ketones (excluding diaryl/α,β-unsaturated/α-hetero) is 1. The van der Waals surface area contributed by atoms with E-state index in [1.54, 1.807) is 24.3 Å². The van der Waals surface area contributed by atoms with Gasteiger partial charge in [-0.3, -0.25) is 14.4 Å². The fraction of sp³-hybridized carbons (Fsp3) is 0.292. The first-order valence-electron chi connectivity index (χ1n) is 10.6. The maximum absolute atomic E-state index is 12.9. The van der Waals surface area contributed by atoms with Crippen LogP contribution in [0.25, 0.3) is 21.8 Å². The van der Waals surface area contributed by atoms with E-state index in [4.69, 9.17) is 0 Å². The summed E-state index contributed by atoms with van der Waals surface area (Å²) in [5, 5.41) is 12.5. The van der Waals surface area contributed by atoms with Crippen molar-refractivity contribution in [2.75, 3.05) is 0 Å². The number of carbonyl (C=O) groups excluding carboxylic acids is 2. The number of ketones is 1. The van der Waals surface area contributed by atoms with Crippen LogP contribution in [0, 0.1) is 6.92 Å². The normalized spacial score (nSPS) is 12.2. The van der Waals surface area contributed by atoms with E-state index in [1.807, 2.05) is 42.7 Å². The summed E-state index contributed by atoms with van der Waals surface area (Å²) in [6, 6.07) is 14.3. The van der Waals surface area contributed by atoms with Crippen molar-refractivity contribution < 1.29 is 9.59 Å². The molecule has 0 saturated heterocycles. The molecule has 2 aromatic heterocycles. The van der Waals surface area contributed by atoms with Crippen LogP contribution < -0.4 is 10.9 Å². The van der Waals surface area contributed by atoms with Crippen LogP contribution >= 0.6 is 0 Å². The van der Waals surface area contributed by atoms with Crippen LogP contribution in [0.1, 0.15) is 36.3 Å². The van der Waals surface area contributed by atoms with Crippen molar-refractivity contribution in [3.05, 3.63) is 70.1 Å². The summed E-state index contributed by atoms with van der Waals surface area (Å²) >= 11 is 0. The molecule has 1 amide bonds. The molecule has 8 heteroatoms. The zero-order valence-corrected chi connectivity index (χ0v) is 18.3. The Hall–Kier alpha value is -3.81. The summed E-state index contributed by atoms with van der Waals surface area (Å²) in [6.45, 7) is 5.63. The van der Waals surface area contributed by atoms with Crippen molar-refractivity contribution in [3.8, 4) is 0 Å². The standard InChI is InChI=1S/C24H25N5O3/c1-4-17(13-29-24(32)18-9-5-7-11-20(18)26-27-29)25-22(31)14-28-15(2)23(16(3)30)19-10-6-8-12-21(19)28/h5-12,17H,4,13-14H2,1-3H3,(H,25,31)/t17-/m0/s1. The van der Waals surface area contributed by atoms with E-state index in [-0.39, 0.29) is 36.4 Å². The van der Waals surface area contributed by atoms with Crippen LogP contribution in [0.15, 0.2) is 53.3 Å². The quantitative estimate of drug-likeness (QED) is 0.454. The predicted molar refractivity (Wildman–Crippen MR) is 123 cm³/mol. The molecule has 0 aliphatic carbocycles. The number of hydrogen-bond donors (Lipinski definition) is 1. The van der Waals surface area contributed by atoms with Crippen molar-refractivity contribution in [2.24, 2.45) is 0 Å². The van der Waals surface area contributed by atoms with Gasteiger partial charge in [0.15, 0.2) is 5.78 Å². The molecule has 0 aliphatic heterocycles. The van der Waals surface area contributed by atoms with E-state index in [2.05, 4.69) is 15.6 Å². The van der Waals surface area contributed by atoms with Gasteiger partial charge in [-0.15, -0.1) is 5.10 Å². The lowest BCUT2D eigenvalue weighted by molar-refractivity contribution is -0.122. The molecule has 1 atom stereocenters. The summed E-state index contributed by atoms with van der Waals surface area (Å²) in [6.07, 6.45) is 0.622. The maximum Gasteiger partial charge on any atom is 0.277 e. The molecule has 0 unspecified atom stereocenters. The van der Waals surface area contributed by atoms with Crippen molar-refractivity contribution in [1.29, 1.82) is 0 Å². The molecule has 0 aliphatic rings. The number of nitrogens with one attached hydrogen (secondary N) is 1. The summed E-state index contributed by atoms with van der Waals surface area (Å²) in [7, 11) is 0. The lowest BCUT2D eigenvalue weighted by Crippen LogP contribution is -2.42. The lowest BCUT2D eigenvalue weighted by atomic mass is 10.1. The molecule has 0 bridgehead atoms. The number of rotatable bonds is 7. The van der Waals surface area contributed by atoms with Crippen molar-refractivity contribution >= 4 is 33.5 Å². The molecule has 164 valence electrons. The third-order valence-corrected chi connectivity index (χ3v) is 5.77. The van der Waals surface area contributed by atoms with Crippen LogP contribution in [0.5, 0.6) is 0 Å². The van der Waals surface area contributed by atoms with Gasteiger partial charge in [0.2, 0.25) is 5.91 Å². The summed E-state index contributed by atoms with van der Waals surface area (Å²) in [5.74, 6) is -0.226. The summed E-state index contributed by atoms with van der Waals surface area (Å²) < 4.78 is 3.15. The molecule has 0 spiro atoms. The highest BCUT2D eigenvalue weighted by atomic mass is 16.2. The molecule has 4 aromatic rings. The minimum absolute atomic E-state index is 0.0291. The van der Waals surface area contributed by atoms with E-state index in [1.165, 1.54) is 11.6 Å². The zero-order chi connectivity index (χ0) is 22.8. The van der Waals surface area contributed by atoms with Crippen molar-refractivity contribution in [1.82, 2.24) is 24.9 Å². The number of para-hydroxylation sites is 1. The van der Waals surface area contributed by atoms with Crippen LogP contribution in [-0.2, 0) is 17.9 Å². The van der Waals surface area contributed by atoms with E-state index < -0.39 is 0 Å². The fourth-order valence-electron chi connectivity index (χ4n) is 4.12. The van der Waals surface area contributed by atoms with E-state index >= 15 is 0 Å². The second-order valence-electron chi connectivity index (χ2n) is 7.89. The fourth-order valence-corrected chi connectivity index (χ4v) is 4.12. The second kappa shape index (κ2) is 8.74. The minimum atomic E-state index is -0.287. The molecule has 32 heavy (non-hydrogen) atoms. The SMILES string of the molecule is CC[C@@H](Cn1nnc2ccccc2c1=O)NC(=O)Cn1c(C)c(C(C)=O)c2ccccc21. The maximum atomic E-state index is 12.9. The molecule has 8 nitrogen and oxygen atoms in total. The average molecular weight is 431 g/mol. The highest BCUT2D eigenvalue weighted by Crippen LogP contribution is 2.26. The smallest absolute Gasteiger partial charge is 0.277 e. The van der Waals surface area contributed by atoms with Crippen molar-refractivity contribution in [2.45, 2.75) is 46.3 Å². The van der Waals surface area contributed by atoms with E-state index in [0.717, 1.165) is 16.6 Å². The Morgan fingerprint density at radius 3 is 2.47 bits per heavy atom. The Kier molecular flexibility index (Phi) is 5.85. The number of nitrogens with zero attached hydrogens (tertiary/aromatic N) is 4. The Labute approximate surface area is 184 Å². The number of aromatic nitrogens is 4. The van der Waals surface area contributed by atoms with Crippen LogP contribution in [0.3, 0.4) is 0 Å². The van der Waals surface area contributed by atoms with Gasteiger partial charge in [-0.2, -0.15) is 0 Å². The van der Waals surface area contributed by atoms with Gasteiger partial charge in [-0.05, 0) is 38.5 Å². The summed E-state index contributed by atoms with van der Waals surface area (Å²) in [4.78, 5) is 37.8. The first-order chi connectivity index (χ1) is 15.4. The summed E-state index contributed by atoms with van der Waals surface area (Å²) in [5.41, 5.74) is 2.55. The number of hydrogen-bond acceptors (Lipinski definition) is 5. The Morgan fingerprint density at radius 2 is 1.75 bits per heavy atom. The van der Waals surface area contributed by atoms with Gasteiger partial charge in [0.25, 0.3) is 5.56 Å². The minimum Gasteiger partial charge on any atom is -0.350 e. The predicted octanol–water partition coefficient (Wildman–Crippen LogP) is 2.85. The van der Waals surface area contributed by atoms with Crippen LogP contribution in [0.4, 0.5) is 0 Å². The molecule has 0 radical (unpaired) electrons.